The number of amides is 2. The molecule has 212 valence electrons. The molecule has 2 aromatic heterocycles. The molecule has 0 unspecified atom stereocenters. The number of hydrogen-bond acceptors (Lipinski definition) is 7. The maximum atomic E-state index is 13.3. The Hall–Kier alpha value is -3.66. The second-order valence-corrected chi connectivity index (χ2v) is 12.6. The van der Waals surface area contributed by atoms with Crippen molar-refractivity contribution in [1.29, 1.82) is 0 Å². The summed E-state index contributed by atoms with van der Waals surface area (Å²) in [6.45, 7) is 7.75. The van der Waals surface area contributed by atoms with Crippen molar-refractivity contribution in [3.8, 4) is 0 Å². The van der Waals surface area contributed by atoms with E-state index in [1.54, 1.807) is 27.0 Å². The Bertz CT molecular complexity index is 1430. The van der Waals surface area contributed by atoms with Gasteiger partial charge in [-0.1, -0.05) is 30.3 Å². The van der Waals surface area contributed by atoms with Crippen LogP contribution in [0.25, 0.3) is 0 Å². The maximum Gasteiger partial charge on any atom is 0.410 e. The monoisotopic (exact) mass is 563 g/mol. The Balaban J connectivity index is 1.16. The largest absolute Gasteiger partial charge is 0.444 e. The van der Waals surface area contributed by atoms with Crippen LogP contribution in [0.1, 0.15) is 66.4 Å². The zero-order valence-electron chi connectivity index (χ0n) is 23.4. The molecule has 1 atom stereocenters. The number of hydrogen-bond donors (Lipinski definition) is 2. The van der Waals surface area contributed by atoms with Crippen LogP contribution < -0.4 is 16.2 Å². The van der Waals surface area contributed by atoms with Crippen molar-refractivity contribution in [2.45, 2.75) is 77.6 Å². The summed E-state index contributed by atoms with van der Waals surface area (Å²) >= 11 is 1.66. The molecule has 2 amide bonds. The molecule has 40 heavy (non-hydrogen) atoms. The molecule has 2 aliphatic rings. The molecular weight excluding hydrogens is 526 g/mol. The summed E-state index contributed by atoms with van der Waals surface area (Å²) in [5.74, 6) is 0.472. The Labute approximate surface area is 238 Å². The highest BCUT2D eigenvalue weighted by atomic mass is 32.1. The molecule has 4 heterocycles. The molecule has 5 rings (SSSR count). The smallest absolute Gasteiger partial charge is 0.410 e. The number of nitrogens with one attached hydrogen (secondary N) is 2. The van der Waals surface area contributed by atoms with Gasteiger partial charge in [0.2, 0.25) is 5.91 Å². The molecule has 0 saturated carbocycles. The third-order valence-corrected chi connectivity index (χ3v) is 8.37. The Morgan fingerprint density at radius 2 is 1.98 bits per heavy atom. The minimum Gasteiger partial charge on any atom is -0.444 e. The summed E-state index contributed by atoms with van der Waals surface area (Å²) in [5, 5.41) is 6.25. The number of anilines is 1. The van der Waals surface area contributed by atoms with Gasteiger partial charge in [-0.25, -0.2) is 9.78 Å². The maximum absolute atomic E-state index is 13.3. The number of aryl methyl sites for hydroxylation is 2. The number of fused-ring (bicyclic) bond motifs is 2. The number of benzene rings is 1. The van der Waals surface area contributed by atoms with E-state index in [9.17, 15) is 14.4 Å². The van der Waals surface area contributed by atoms with Crippen LogP contribution in [-0.2, 0) is 41.9 Å². The van der Waals surface area contributed by atoms with E-state index in [1.807, 2.05) is 39.0 Å². The number of nitrogens with zero attached hydrogens (tertiary/aromatic N) is 3. The fraction of sp³-hybridized carbons (Fsp3) is 0.467. The molecule has 10 heteroatoms. The summed E-state index contributed by atoms with van der Waals surface area (Å²) in [7, 11) is 0. The van der Waals surface area contributed by atoms with Crippen molar-refractivity contribution >= 4 is 29.0 Å². The minimum atomic E-state index is -0.571. The normalized spacial score (nSPS) is 16.3. The molecule has 2 N–H and O–H groups in total. The molecule has 0 saturated heterocycles. The Morgan fingerprint density at radius 3 is 2.75 bits per heavy atom. The van der Waals surface area contributed by atoms with Gasteiger partial charge in [0.05, 0.1) is 19.3 Å². The Morgan fingerprint density at radius 1 is 1.18 bits per heavy atom. The zero-order chi connectivity index (χ0) is 28.3. The first kappa shape index (κ1) is 27.9. The van der Waals surface area contributed by atoms with Gasteiger partial charge in [0.15, 0.2) is 0 Å². The van der Waals surface area contributed by atoms with E-state index in [-0.39, 0.29) is 17.6 Å². The van der Waals surface area contributed by atoms with Crippen LogP contribution in [0.4, 0.5) is 10.5 Å². The molecule has 0 spiro atoms. The van der Waals surface area contributed by atoms with Crippen LogP contribution in [0.2, 0.25) is 0 Å². The topological polar surface area (TPSA) is 106 Å². The lowest BCUT2D eigenvalue weighted by atomic mass is 10.1. The van der Waals surface area contributed by atoms with Gasteiger partial charge < -0.3 is 20.3 Å². The molecule has 0 bridgehead atoms. The van der Waals surface area contributed by atoms with Gasteiger partial charge in [0.25, 0.3) is 5.56 Å². The second kappa shape index (κ2) is 11.8. The summed E-state index contributed by atoms with van der Waals surface area (Å²) in [6.07, 6.45) is 5.01. The third-order valence-electron chi connectivity index (χ3n) is 7.13. The van der Waals surface area contributed by atoms with Crippen molar-refractivity contribution in [3.05, 3.63) is 79.7 Å². The van der Waals surface area contributed by atoms with Gasteiger partial charge >= 0.3 is 6.09 Å². The van der Waals surface area contributed by atoms with E-state index in [0.717, 1.165) is 29.7 Å². The Kier molecular flexibility index (Phi) is 8.25. The minimum absolute atomic E-state index is 0.175. The van der Waals surface area contributed by atoms with Crippen LogP contribution in [0.5, 0.6) is 0 Å². The first-order valence-electron chi connectivity index (χ1n) is 13.9. The van der Waals surface area contributed by atoms with Gasteiger partial charge in [-0.3, -0.25) is 14.2 Å². The highest BCUT2D eigenvalue weighted by Crippen LogP contribution is 2.29. The van der Waals surface area contributed by atoms with Gasteiger partial charge in [-0.15, -0.1) is 11.3 Å². The van der Waals surface area contributed by atoms with Crippen molar-refractivity contribution in [2.24, 2.45) is 0 Å². The lowest BCUT2D eigenvalue weighted by Crippen LogP contribution is -2.39. The molecule has 0 fully saturated rings. The van der Waals surface area contributed by atoms with Crippen LogP contribution in [-0.4, -0.2) is 45.1 Å². The number of rotatable bonds is 8. The number of thiophene rings is 1. The van der Waals surface area contributed by atoms with E-state index >= 15 is 0 Å². The van der Waals surface area contributed by atoms with Gasteiger partial charge in [-0.05, 0) is 63.6 Å². The molecular formula is C30H37N5O4S. The van der Waals surface area contributed by atoms with Crippen molar-refractivity contribution in [3.63, 3.8) is 0 Å². The van der Waals surface area contributed by atoms with E-state index in [0.29, 0.717) is 50.5 Å². The van der Waals surface area contributed by atoms with Crippen molar-refractivity contribution in [2.75, 3.05) is 18.4 Å². The lowest BCUT2D eigenvalue weighted by Gasteiger charge is -2.29. The van der Waals surface area contributed by atoms with Crippen molar-refractivity contribution < 1.29 is 14.3 Å². The average molecular weight is 564 g/mol. The SMILES string of the molecule is CC(C)(C)OC(=O)N1CCc2sc(CNC(=O)[C@@H]3CCc4ncc(NCCCc5ccccc5)c(=O)n43)cc2C1. The fourth-order valence-corrected chi connectivity index (χ4v) is 6.30. The summed E-state index contributed by atoms with van der Waals surface area (Å²) in [4.78, 5) is 47.4. The number of aromatic nitrogens is 2. The van der Waals surface area contributed by atoms with Crippen LogP contribution in [0, 0.1) is 0 Å². The first-order valence-corrected chi connectivity index (χ1v) is 14.7. The van der Waals surface area contributed by atoms with E-state index in [2.05, 4.69) is 33.8 Å². The standard InChI is InChI=1S/C30H37N5O4S/c1-30(2,3)39-29(38)34-15-13-25-21(19-34)16-22(40-25)17-33-27(36)24-11-12-26-32-18-23(28(37)35(24)26)31-14-7-10-20-8-5-4-6-9-20/h4-6,8-9,16,18,24,31H,7,10-15,17,19H2,1-3H3,(H,33,36)/t24-/m0/s1. The molecule has 9 nitrogen and oxygen atoms in total. The molecule has 3 aromatic rings. The highest BCUT2D eigenvalue weighted by molar-refractivity contribution is 7.12. The molecule has 0 radical (unpaired) electrons. The highest BCUT2D eigenvalue weighted by Gasteiger charge is 2.31. The predicted octanol–water partition coefficient (Wildman–Crippen LogP) is 4.45. The number of carbonyl (C=O) groups is 2. The number of carbonyl (C=O) groups excluding carboxylic acids is 2. The predicted molar refractivity (Wildman–Crippen MR) is 156 cm³/mol. The fourth-order valence-electron chi connectivity index (χ4n) is 5.19. The van der Waals surface area contributed by atoms with Crippen LogP contribution >= 0.6 is 11.3 Å². The van der Waals surface area contributed by atoms with Gasteiger partial charge in [0, 0.05) is 29.3 Å². The van der Waals surface area contributed by atoms with Gasteiger partial charge in [-0.2, -0.15) is 0 Å². The van der Waals surface area contributed by atoms with Crippen molar-refractivity contribution in [1.82, 2.24) is 19.8 Å². The summed E-state index contributed by atoms with van der Waals surface area (Å²) in [6, 6.07) is 11.7. The van der Waals surface area contributed by atoms with E-state index in [4.69, 9.17) is 4.74 Å². The zero-order valence-corrected chi connectivity index (χ0v) is 24.2. The quantitative estimate of drug-likeness (QED) is 0.393. The van der Waals surface area contributed by atoms with E-state index < -0.39 is 11.6 Å². The molecule has 2 aliphatic heterocycles. The molecule has 0 aliphatic carbocycles. The second-order valence-electron chi connectivity index (χ2n) is 11.4. The third kappa shape index (κ3) is 6.55. The molecule has 1 aromatic carbocycles. The van der Waals surface area contributed by atoms with Crippen LogP contribution in [0.3, 0.4) is 0 Å². The first-order chi connectivity index (χ1) is 19.2. The van der Waals surface area contributed by atoms with Crippen LogP contribution in [0.15, 0.2) is 47.4 Å². The number of ether oxygens (including phenoxy) is 1. The lowest BCUT2D eigenvalue weighted by molar-refractivity contribution is -0.124. The van der Waals surface area contributed by atoms with Gasteiger partial charge in [0.1, 0.15) is 23.2 Å². The van der Waals surface area contributed by atoms with E-state index in [1.165, 1.54) is 10.4 Å². The average Bonchev–Trinajstić information content (AvgIpc) is 3.54. The summed E-state index contributed by atoms with van der Waals surface area (Å²) in [5.41, 5.74) is 2.06. The summed E-state index contributed by atoms with van der Waals surface area (Å²) < 4.78 is 7.07.